The third-order valence-corrected chi connectivity index (χ3v) is 3.62. The SMILES string of the molecule is COc1cc2ccccc2cc1C(=O)N/N=C/c1ccccc1O. The molecule has 0 aliphatic carbocycles. The maximum atomic E-state index is 12.4. The molecule has 0 aliphatic rings. The highest BCUT2D eigenvalue weighted by Crippen LogP contribution is 2.25. The Morgan fingerprint density at radius 1 is 1.08 bits per heavy atom. The second-order valence-corrected chi connectivity index (χ2v) is 5.16. The van der Waals surface area contributed by atoms with Crippen LogP contribution in [0.15, 0.2) is 65.8 Å². The molecule has 5 heteroatoms. The third kappa shape index (κ3) is 3.20. The number of benzene rings is 3. The lowest BCUT2D eigenvalue weighted by atomic mass is 10.1. The molecule has 3 aromatic rings. The summed E-state index contributed by atoms with van der Waals surface area (Å²) in [4.78, 5) is 12.4. The third-order valence-electron chi connectivity index (χ3n) is 3.62. The number of hydrogen-bond acceptors (Lipinski definition) is 4. The Bertz CT molecular complexity index is 919. The Hall–Kier alpha value is -3.34. The largest absolute Gasteiger partial charge is 0.507 e. The summed E-state index contributed by atoms with van der Waals surface area (Å²) in [5.74, 6) is 0.187. The van der Waals surface area contributed by atoms with E-state index in [0.717, 1.165) is 10.8 Å². The number of carbonyl (C=O) groups excluding carboxylic acids is 1. The lowest BCUT2D eigenvalue weighted by molar-refractivity contribution is 0.0952. The molecule has 0 radical (unpaired) electrons. The van der Waals surface area contributed by atoms with Crippen molar-refractivity contribution in [1.82, 2.24) is 5.43 Å². The van der Waals surface area contributed by atoms with E-state index in [2.05, 4.69) is 10.5 Å². The number of nitrogens with one attached hydrogen (secondary N) is 1. The van der Waals surface area contributed by atoms with E-state index < -0.39 is 0 Å². The van der Waals surface area contributed by atoms with Crippen LogP contribution >= 0.6 is 0 Å². The van der Waals surface area contributed by atoms with Gasteiger partial charge in [0.15, 0.2) is 0 Å². The number of phenols is 1. The highest BCUT2D eigenvalue weighted by Gasteiger charge is 2.13. The normalized spacial score (nSPS) is 10.9. The van der Waals surface area contributed by atoms with Gasteiger partial charge in [-0.2, -0.15) is 5.10 Å². The fourth-order valence-electron chi connectivity index (χ4n) is 2.38. The molecular formula is C19H16N2O3. The van der Waals surface area contributed by atoms with Crippen LogP contribution in [0.25, 0.3) is 10.8 Å². The zero-order valence-electron chi connectivity index (χ0n) is 13.1. The van der Waals surface area contributed by atoms with E-state index >= 15 is 0 Å². The van der Waals surface area contributed by atoms with Gasteiger partial charge in [0.1, 0.15) is 11.5 Å². The molecule has 3 rings (SSSR count). The van der Waals surface area contributed by atoms with E-state index in [-0.39, 0.29) is 11.7 Å². The van der Waals surface area contributed by atoms with Gasteiger partial charge in [-0.05, 0) is 35.0 Å². The molecule has 5 nitrogen and oxygen atoms in total. The van der Waals surface area contributed by atoms with Gasteiger partial charge in [0.2, 0.25) is 0 Å². The summed E-state index contributed by atoms with van der Waals surface area (Å²) in [6.45, 7) is 0. The molecule has 0 saturated heterocycles. The lowest BCUT2D eigenvalue weighted by Crippen LogP contribution is -2.18. The maximum Gasteiger partial charge on any atom is 0.275 e. The van der Waals surface area contributed by atoms with E-state index in [0.29, 0.717) is 16.9 Å². The van der Waals surface area contributed by atoms with Gasteiger partial charge in [-0.3, -0.25) is 4.79 Å². The summed E-state index contributed by atoms with van der Waals surface area (Å²) in [5, 5.41) is 15.5. The van der Waals surface area contributed by atoms with Crippen molar-refractivity contribution in [2.45, 2.75) is 0 Å². The fourth-order valence-corrected chi connectivity index (χ4v) is 2.38. The van der Waals surface area contributed by atoms with Crippen LogP contribution in [0.3, 0.4) is 0 Å². The molecule has 0 aromatic heterocycles. The van der Waals surface area contributed by atoms with Gasteiger partial charge >= 0.3 is 0 Å². The summed E-state index contributed by atoms with van der Waals surface area (Å²) >= 11 is 0. The zero-order valence-corrected chi connectivity index (χ0v) is 13.1. The number of carbonyl (C=O) groups is 1. The van der Waals surface area contributed by atoms with Gasteiger partial charge in [-0.25, -0.2) is 5.43 Å². The van der Waals surface area contributed by atoms with Crippen molar-refractivity contribution in [3.63, 3.8) is 0 Å². The van der Waals surface area contributed by atoms with Crippen molar-refractivity contribution in [1.29, 1.82) is 0 Å². The molecule has 3 aromatic carbocycles. The van der Waals surface area contributed by atoms with Crippen molar-refractivity contribution >= 4 is 22.9 Å². The first-order valence-corrected chi connectivity index (χ1v) is 7.37. The Morgan fingerprint density at radius 3 is 2.46 bits per heavy atom. The monoisotopic (exact) mass is 320 g/mol. The summed E-state index contributed by atoms with van der Waals surface area (Å²) in [6, 6.07) is 18.0. The van der Waals surface area contributed by atoms with Crippen LogP contribution in [0.1, 0.15) is 15.9 Å². The van der Waals surface area contributed by atoms with Crippen molar-refractivity contribution in [2.75, 3.05) is 7.11 Å². The quantitative estimate of drug-likeness (QED) is 0.572. The average Bonchev–Trinajstić information content (AvgIpc) is 2.62. The molecule has 0 heterocycles. The van der Waals surface area contributed by atoms with Crippen LogP contribution < -0.4 is 10.2 Å². The number of methoxy groups -OCH3 is 1. The van der Waals surface area contributed by atoms with E-state index in [1.165, 1.54) is 13.3 Å². The maximum absolute atomic E-state index is 12.4. The lowest BCUT2D eigenvalue weighted by Gasteiger charge is -2.09. The first-order valence-electron chi connectivity index (χ1n) is 7.37. The predicted molar refractivity (Wildman–Crippen MR) is 93.7 cm³/mol. The van der Waals surface area contributed by atoms with Crippen LogP contribution in [0.2, 0.25) is 0 Å². The van der Waals surface area contributed by atoms with E-state index in [1.54, 1.807) is 30.3 Å². The first kappa shape index (κ1) is 15.6. The standard InChI is InChI=1S/C19H16N2O3/c1-24-18-11-14-7-3-2-6-13(14)10-16(18)19(23)21-20-12-15-8-4-5-9-17(15)22/h2-12,22H,1H3,(H,21,23)/b20-12+. The minimum Gasteiger partial charge on any atom is -0.507 e. The fraction of sp³-hybridized carbons (Fsp3) is 0.0526. The number of fused-ring (bicyclic) bond motifs is 1. The highest BCUT2D eigenvalue weighted by molar-refractivity contribution is 6.02. The number of para-hydroxylation sites is 1. The first-order chi connectivity index (χ1) is 11.7. The van der Waals surface area contributed by atoms with Crippen molar-refractivity contribution in [3.8, 4) is 11.5 Å². The number of hydrogen-bond donors (Lipinski definition) is 2. The topological polar surface area (TPSA) is 70.9 Å². The number of rotatable bonds is 4. The van der Waals surface area contributed by atoms with Crippen LogP contribution in [0.4, 0.5) is 0 Å². The van der Waals surface area contributed by atoms with E-state index in [9.17, 15) is 9.90 Å². The van der Waals surface area contributed by atoms with Crippen molar-refractivity contribution in [3.05, 3.63) is 71.8 Å². The second kappa shape index (κ2) is 6.83. The summed E-state index contributed by atoms with van der Waals surface area (Å²) in [7, 11) is 1.52. The van der Waals surface area contributed by atoms with Gasteiger partial charge < -0.3 is 9.84 Å². The molecule has 0 unspecified atom stereocenters. The smallest absolute Gasteiger partial charge is 0.275 e. The Labute approximate surface area is 139 Å². The van der Waals surface area contributed by atoms with Gasteiger partial charge in [0.25, 0.3) is 5.91 Å². The Balaban J connectivity index is 1.84. The number of ether oxygens (including phenoxy) is 1. The highest BCUT2D eigenvalue weighted by atomic mass is 16.5. The van der Waals surface area contributed by atoms with Crippen LogP contribution in [0.5, 0.6) is 11.5 Å². The predicted octanol–water partition coefficient (Wildman–Crippen LogP) is 3.32. The van der Waals surface area contributed by atoms with Gasteiger partial charge in [-0.1, -0.05) is 36.4 Å². The molecule has 24 heavy (non-hydrogen) atoms. The number of aromatic hydroxyl groups is 1. The minimum absolute atomic E-state index is 0.0961. The van der Waals surface area contributed by atoms with Gasteiger partial charge in [-0.15, -0.1) is 0 Å². The number of nitrogens with zero attached hydrogens (tertiary/aromatic N) is 1. The molecule has 1 amide bonds. The second-order valence-electron chi connectivity index (χ2n) is 5.16. The number of phenolic OH excluding ortho intramolecular Hbond substituents is 1. The van der Waals surface area contributed by atoms with Crippen molar-refractivity contribution in [2.24, 2.45) is 5.10 Å². The summed E-state index contributed by atoms with van der Waals surface area (Å²) < 4.78 is 5.31. The molecule has 0 fully saturated rings. The van der Waals surface area contributed by atoms with E-state index in [1.807, 2.05) is 30.3 Å². The summed E-state index contributed by atoms with van der Waals surface area (Å²) in [6.07, 6.45) is 1.39. The average molecular weight is 320 g/mol. The van der Waals surface area contributed by atoms with Gasteiger partial charge in [0, 0.05) is 5.56 Å². The zero-order chi connectivity index (χ0) is 16.9. The number of amides is 1. The Morgan fingerprint density at radius 2 is 1.75 bits per heavy atom. The molecule has 2 N–H and O–H groups in total. The molecular weight excluding hydrogens is 304 g/mol. The summed E-state index contributed by atoms with van der Waals surface area (Å²) in [5.41, 5.74) is 3.36. The number of hydrazone groups is 1. The van der Waals surface area contributed by atoms with Gasteiger partial charge in [0.05, 0.1) is 18.9 Å². The molecule has 0 spiro atoms. The Kier molecular flexibility index (Phi) is 4.43. The molecule has 0 aliphatic heterocycles. The molecule has 120 valence electrons. The molecule has 0 bridgehead atoms. The van der Waals surface area contributed by atoms with Crippen LogP contribution in [-0.2, 0) is 0 Å². The molecule has 0 saturated carbocycles. The minimum atomic E-state index is -0.385. The van der Waals surface area contributed by atoms with Crippen molar-refractivity contribution < 1.29 is 14.6 Å². The van der Waals surface area contributed by atoms with Crippen LogP contribution in [-0.4, -0.2) is 24.3 Å². The van der Waals surface area contributed by atoms with E-state index in [4.69, 9.17) is 4.74 Å². The molecule has 0 atom stereocenters. The van der Waals surface area contributed by atoms with Crippen LogP contribution in [0, 0.1) is 0 Å².